The van der Waals surface area contributed by atoms with Gasteiger partial charge in [0.1, 0.15) is 0 Å². The van der Waals surface area contributed by atoms with Gasteiger partial charge in [0.15, 0.2) is 0 Å². The first kappa shape index (κ1) is 14.3. The Morgan fingerprint density at radius 2 is 1.94 bits per heavy atom. The minimum Gasteiger partial charge on any atom is -0.313 e. The molecule has 0 bridgehead atoms. The van der Waals surface area contributed by atoms with Crippen LogP contribution in [0.4, 0.5) is 0 Å². The van der Waals surface area contributed by atoms with E-state index in [2.05, 4.69) is 15.3 Å². The average molecular weight is 273 g/mol. The quantitative estimate of drug-likeness (QED) is 0.469. The van der Waals surface area contributed by atoms with Crippen molar-refractivity contribution in [2.45, 2.75) is 13.8 Å². The number of nitrogens with zero attached hydrogens (tertiary/aromatic N) is 2. The lowest BCUT2D eigenvalue weighted by Gasteiger charge is -2.19. The topological polar surface area (TPSA) is 55.7 Å². The molecule has 1 aromatic rings. The maximum Gasteiger partial charge on any atom is 0.303 e. The fourth-order valence-electron chi connectivity index (χ4n) is 1.06. The smallest absolute Gasteiger partial charge is 0.303 e. The number of pyridine rings is 1. The van der Waals surface area contributed by atoms with Crippen molar-refractivity contribution in [1.82, 2.24) is 10.2 Å². The van der Waals surface area contributed by atoms with Crippen molar-refractivity contribution in [3.63, 3.8) is 0 Å². The molecule has 0 radical (unpaired) electrons. The first-order valence-electron chi connectivity index (χ1n) is 5.29. The Morgan fingerprint density at radius 1 is 1.35 bits per heavy atom. The average Bonchev–Trinajstić information content (AvgIpc) is 2.31. The second-order valence-corrected chi connectivity index (χ2v) is 6.13. The molecule has 5 nitrogen and oxygen atoms in total. The molecule has 1 aromatic heterocycles. The Morgan fingerprint density at radius 3 is 2.47 bits per heavy atom. The van der Waals surface area contributed by atoms with E-state index in [4.69, 9.17) is 20.9 Å². The van der Waals surface area contributed by atoms with Crippen LogP contribution in [0.25, 0.3) is 0 Å². The van der Waals surface area contributed by atoms with E-state index in [-0.39, 0.29) is 0 Å². The van der Waals surface area contributed by atoms with Gasteiger partial charge in [-0.3, -0.25) is 4.98 Å². The molecule has 94 valence electrons. The molecule has 7 heteroatoms. The van der Waals surface area contributed by atoms with Gasteiger partial charge >= 0.3 is 6.64 Å². The summed E-state index contributed by atoms with van der Waals surface area (Å²) in [6.45, 7) is 2.24. The number of hydrogen-bond acceptors (Lipinski definition) is 5. The predicted octanol–water partition coefficient (Wildman–Crippen LogP) is 2.30. The molecule has 0 aliphatic heterocycles. The number of hydrogen-bond donors (Lipinski definition) is 1. The van der Waals surface area contributed by atoms with Crippen LogP contribution in [-0.4, -0.2) is 24.4 Å². The highest BCUT2D eigenvalue weighted by atomic mass is 32.5. The zero-order chi connectivity index (χ0) is 12.6. The second-order valence-electron chi connectivity index (χ2n) is 2.97. The molecule has 0 fully saturated rings. The molecule has 0 aromatic carbocycles. The Balaban J connectivity index is 2.58. The van der Waals surface area contributed by atoms with Crippen molar-refractivity contribution in [1.29, 1.82) is 0 Å². The van der Waals surface area contributed by atoms with E-state index in [1.54, 1.807) is 18.6 Å². The van der Waals surface area contributed by atoms with Gasteiger partial charge in [0.05, 0.1) is 19.4 Å². The molecule has 17 heavy (non-hydrogen) atoms. The number of aromatic nitrogens is 1. The molecule has 1 heterocycles. The maximum atomic E-state index is 5.37. The minimum atomic E-state index is -2.49. The van der Waals surface area contributed by atoms with Crippen LogP contribution in [-0.2, 0) is 20.9 Å². The summed E-state index contributed by atoms with van der Waals surface area (Å²) in [5, 5.41) is 6.82. The monoisotopic (exact) mass is 273 g/mol. The molecule has 1 N–H and O–H groups in total. The van der Waals surface area contributed by atoms with Crippen LogP contribution in [0.5, 0.6) is 0 Å². The molecule has 0 atom stereocenters. The third-order valence-electron chi connectivity index (χ3n) is 1.70. The number of rotatable bonds is 7. The van der Waals surface area contributed by atoms with Crippen LogP contribution < -0.4 is 5.20 Å². The van der Waals surface area contributed by atoms with E-state index in [0.717, 1.165) is 5.56 Å². The van der Waals surface area contributed by atoms with Gasteiger partial charge in [-0.05, 0) is 43.4 Å². The summed E-state index contributed by atoms with van der Waals surface area (Å²) in [4.78, 5) is 3.92. The van der Waals surface area contributed by atoms with Crippen LogP contribution in [0.1, 0.15) is 19.4 Å². The largest absolute Gasteiger partial charge is 0.313 e. The predicted molar refractivity (Wildman–Crippen MR) is 72.5 cm³/mol. The van der Waals surface area contributed by atoms with Crippen LogP contribution in [0.2, 0.25) is 0 Å². The third-order valence-corrected chi connectivity index (χ3v) is 4.13. The van der Waals surface area contributed by atoms with Gasteiger partial charge in [0.2, 0.25) is 0 Å². The van der Waals surface area contributed by atoms with Crippen molar-refractivity contribution < 1.29 is 9.05 Å². The van der Waals surface area contributed by atoms with Crippen molar-refractivity contribution in [3.05, 3.63) is 30.1 Å². The summed E-state index contributed by atoms with van der Waals surface area (Å²) in [5.74, 6) is 0. The Bertz CT molecular complexity index is 390. The highest BCUT2D eigenvalue weighted by Crippen LogP contribution is 2.43. The third kappa shape index (κ3) is 5.37. The van der Waals surface area contributed by atoms with Crippen molar-refractivity contribution in [2.24, 2.45) is 5.10 Å². The standard InChI is InChI=1S/C10H16N3O2PS/c1-3-14-16(17,15-4-2)13-12-9-10-5-7-11-8-6-10/h5-9H,3-4H2,1-2H3,(H,13,17)/b12-9+. The van der Waals surface area contributed by atoms with Gasteiger partial charge in [-0.15, -0.1) is 0 Å². The summed E-state index contributed by atoms with van der Waals surface area (Å²) in [7, 11) is 0. The summed E-state index contributed by atoms with van der Waals surface area (Å²) in [6.07, 6.45) is 5.05. The summed E-state index contributed by atoms with van der Waals surface area (Å²) in [5.41, 5.74) is 0.932. The molecule has 0 spiro atoms. The van der Waals surface area contributed by atoms with E-state index in [1.165, 1.54) is 0 Å². The first-order valence-corrected chi connectivity index (χ1v) is 7.93. The lowest BCUT2D eigenvalue weighted by Crippen LogP contribution is -2.09. The van der Waals surface area contributed by atoms with Crippen molar-refractivity contribution >= 4 is 24.7 Å². The zero-order valence-corrected chi connectivity index (χ0v) is 11.6. The van der Waals surface area contributed by atoms with Crippen LogP contribution >= 0.6 is 6.64 Å². The fraction of sp³-hybridized carbons (Fsp3) is 0.400. The van der Waals surface area contributed by atoms with Gasteiger partial charge in [-0.2, -0.15) is 5.10 Å². The second kappa shape index (κ2) is 7.50. The molecule has 0 unspecified atom stereocenters. The van der Waals surface area contributed by atoms with E-state index in [0.29, 0.717) is 13.2 Å². The van der Waals surface area contributed by atoms with E-state index < -0.39 is 6.64 Å². The lowest BCUT2D eigenvalue weighted by molar-refractivity contribution is 0.259. The minimum absolute atomic E-state index is 0.495. The van der Waals surface area contributed by atoms with Crippen LogP contribution in [0.15, 0.2) is 29.6 Å². The van der Waals surface area contributed by atoms with Gasteiger partial charge in [0, 0.05) is 12.4 Å². The van der Waals surface area contributed by atoms with Gasteiger partial charge < -0.3 is 9.05 Å². The molecule has 0 saturated carbocycles. The maximum absolute atomic E-state index is 5.37. The Labute approximate surface area is 106 Å². The first-order chi connectivity index (χ1) is 8.20. The molecule has 0 aliphatic rings. The summed E-state index contributed by atoms with van der Waals surface area (Å²) < 4.78 is 10.7. The van der Waals surface area contributed by atoms with Crippen molar-refractivity contribution in [3.8, 4) is 0 Å². The van der Waals surface area contributed by atoms with Crippen molar-refractivity contribution in [2.75, 3.05) is 13.2 Å². The molecule has 1 rings (SSSR count). The van der Waals surface area contributed by atoms with E-state index in [9.17, 15) is 0 Å². The van der Waals surface area contributed by atoms with Gasteiger partial charge in [-0.25, -0.2) is 5.20 Å². The van der Waals surface area contributed by atoms with Crippen LogP contribution in [0.3, 0.4) is 0 Å². The fourth-order valence-corrected chi connectivity index (χ4v) is 2.90. The summed E-state index contributed by atoms with van der Waals surface area (Å²) in [6, 6.07) is 3.69. The Kier molecular flexibility index (Phi) is 6.29. The number of nitrogens with one attached hydrogen (secondary N) is 1. The van der Waals surface area contributed by atoms with Crippen LogP contribution in [0, 0.1) is 0 Å². The molecule has 0 aliphatic carbocycles. The molecule has 0 amide bonds. The zero-order valence-electron chi connectivity index (χ0n) is 9.87. The molecule has 0 saturated heterocycles. The Hall–Kier alpha value is -0.810. The normalized spacial score (nSPS) is 11.9. The highest BCUT2D eigenvalue weighted by molar-refractivity contribution is 8.08. The van der Waals surface area contributed by atoms with Gasteiger partial charge in [-0.1, -0.05) is 0 Å². The summed E-state index contributed by atoms with van der Waals surface area (Å²) >= 11 is 5.25. The van der Waals surface area contributed by atoms with Gasteiger partial charge in [0.25, 0.3) is 0 Å². The molecular formula is C10H16N3O2PS. The SMILES string of the molecule is CCOP(=S)(N/N=C/c1ccncc1)OCC. The highest BCUT2D eigenvalue weighted by Gasteiger charge is 2.15. The molecular weight excluding hydrogens is 257 g/mol. The van der Waals surface area contributed by atoms with E-state index in [1.807, 2.05) is 26.0 Å². The number of hydrazone groups is 1. The lowest BCUT2D eigenvalue weighted by atomic mass is 10.3. The van der Waals surface area contributed by atoms with E-state index >= 15 is 0 Å².